The minimum Gasteiger partial charge on any atom is -0.355 e. The van der Waals surface area contributed by atoms with Crippen LogP contribution < -0.4 is 10.2 Å². The number of nitrogens with zero attached hydrogens (tertiary/aromatic N) is 3. The van der Waals surface area contributed by atoms with Gasteiger partial charge in [-0.2, -0.15) is 0 Å². The van der Waals surface area contributed by atoms with E-state index in [-0.39, 0.29) is 35.7 Å². The predicted octanol–water partition coefficient (Wildman–Crippen LogP) is 3.24. The SMILES string of the molecule is CC(C)NC(=O)c1ccc(N2CCN(Cc3ccc(Cl)cc3)C(=O)C2)c([N+](=O)[O-])c1. The number of nitro groups is 1. The van der Waals surface area contributed by atoms with Crippen molar-refractivity contribution in [1.82, 2.24) is 10.2 Å². The number of piperazine rings is 1. The van der Waals surface area contributed by atoms with Crippen molar-refractivity contribution in [3.63, 3.8) is 0 Å². The number of nitrogens with one attached hydrogen (secondary N) is 1. The van der Waals surface area contributed by atoms with Gasteiger partial charge in [0, 0.05) is 42.3 Å². The number of nitro benzene ring substituents is 1. The van der Waals surface area contributed by atoms with Crippen LogP contribution in [0.4, 0.5) is 11.4 Å². The van der Waals surface area contributed by atoms with Crippen molar-refractivity contribution in [2.45, 2.75) is 26.4 Å². The summed E-state index contributed by atoms with van der Waals surface area (Å²) in [5, 5.41) is 15.0. The zero-order valence-electron chi connectivity index (χ0n) is 16.8. The van der Waals surface area contributed by atoms with E-state index in [2.05, 4.69) is 5.32 Å². The molecule has 0 atom stereocenters. The van der Waals surface area contributed by atoms with Crippen molar-refractivity contribution >= 4 is 34.8 Å². The third-order valence-corrected chi connectivity index (χ3v) is 5.05. The molecule has 0 aromatic heterocycles. The number of amides is 2. The number of rotatable bonds is 6. The van der Waals surface area contributed by atoms with Gasteiger partial charge in [-0.05, 0) is 43.7 Å². The summed E-state index contributed by atoms with van der Waals surface area (Å²) in [7, 11) is 0. The fourth-order valence-electron chi connectivity index (χ4n) is 3.32. The summed E-state index contributed by atoms with van der Waals surface area (Å²) in [4.78, 5) is 39.3. The number of anilines is 1. The lowest BCUT2D eigenvalue weighted by atomic mass is 10.1. The Morgan fingerprint density at radius 2 is 1.90 bits per heavy atom. The van der Waals surface area contributed by atoms with Gasteiger partial charge in [0.1, 0.15) is 5.69 Å². The third kappa shape index (κ3) is 5.07. The van der Waals surface area contributed by atoms with Gasteiger partial charge < -0.3 is 15.1 Å². The number of benzene rings is 2. The van der Waals surface area contributed by atoms with Gasteiger partial charge in [-0.15, -0.1) is 0 Å². The number of carbonyl (C=O) groups excluding carboxylic acids is 2. The Hall–Kier alpha value is -3.13. The smallest absolute Gasteiger partial charge is 0.293 e. The van der Waals surface area contributed by atoms with E-state index < -0.39 is 4.92 Å². The van der Waals surface area contributed by atoms with Crippen LogP contribution in [0.3, 0.4) is 0 Å². The summed E-state index contributed by atoms with van der Waals surface area (Å²) in [5.74, 6) is -0.490. The molecule has 30 heavy (non-hydrogen) atoms. The maximum Gasteiger partial charge on any atom is 0.293 e. The summed E-state index contributed by atoms with van der Waals surface area (Å²) in [5.41, 5.74) is 1.32. The monoisotopic (exact) mass is 430 g/mol. The van der Waals surface area contributed by atoms with Gasteiger partial charge in [-0.1, -0.05) is 23.7 Å². The quantitative estimate of drug-likeness (QED) is 0.560. The first-order valence-corrected chi connectivity index (χ1v) is 9.99. The van der Waals surface area contributed by atoms with Gasteiger partial charge in [0.05, 0.1) is 11.5 Å². The lowest BCUT2D eigenvalue weighted by molar-refractivity contribution is -0.384. The summed E-state index contributed by atoms with van der Waals surface area (Å²) in [6.07, 6.45) is 0. The minimum absolute atomic E-state index is 0.0337. The molecule has 9 heteroatoms. The van der Waals surface area contributed by atoms with Crippen molar-refractivity contribution in [3.8, 4) is 0 Å². The third-order valence-electron chi connectivity index (χ3n) is 4.80. The fraction of sp³-hybridized carbons (Fsp3) is 0.333. The Kier molecular flexibility index (Phi) is 6.56. The molecule has 1 N–H and O–H groups in total. The topological polar surface area (TPSA) is 95.8 Å². The van der Waals surface area contributed by atoms with E-state index in [4.69, 9.17) is 11.6 Å². The Bertz CT molecular complexity index is 962. The normalized spacial score (nSPS) is 14.2. The summed E-state index contributed by atoms with van der Waals surface area (Å²) in [6.45, 7) is 5.02. The molecule has 1 saturated heterocycles. The van der Waals surface area contributed by atoms with E-state index in [0.29, 0.717) is 30.3 Å². The second-order valence-electron chi connectivity index (χ2n) is 7.45. The van der Waals surface area contributed by atoms with E-state index in [9.17, 15) is 19.7 Å². The summed E-state index contributed by atoms with van der Waals surface area (Å²) < 4.78 is 0. The Balaban J connectivity index is 1.75. The summed E-state index contributed by atoms with van der Waals surface area (Å²) in [6, 6.07) is 11.6. The highest BCUT2D eigenvalue weighted by molar-refractivity contribution is 6.30. The molecular formula is C21H23ClN4O4. The molecule has 0 bridgehead atoms. The molecule has 0 unspecified atom stereocenters. The van der Waals surface area contributed by atoms with Crippen LogP contribution in [0.25, 0.3) is 0 Å². The lowest BCUT2D eigenvalue weighted by Gasteiger charge is -2.35. The molecular weight excluding hydrogens is 408 g/mol. The van der Waals surface area contributed by atoms with Gasteiger partial charge in [0.25, 0.3) is 11.6 Å². The summed E-state index contributed by atoms with van der Waals surface area (Å²) >= 11 is 5.90. The zero-order chi connectivity index (χ0) is 21.8. The molecule has 2 aromatic carbocycles. The van der Waals surface area contributed by atoms with Gasteiger partial charge in [-0.25, -0.2) is 0 Å². The average molecular weight is 431 g/mol. The number of hydrogen-bond acceptors (Lipinski definition) is 5. The van der Waals surface area contributed by atoms with Crippen molar-refractivity contribution in [1.29, 1.82) is 0 Å². The molecule has 1 aliphatic heterocycles. The van der Waals surface area contributed by atoms with Crippen LogP contribution in [0.1, 0.15) is 29.8 Å². The fourth-order valence-corrected chi connectivity index (χ4v) is 3.44. The lowest BCUT2D eigenvalue weighted by Crippen LogP contribution is -2.50. The first-order valence-electron chi connectivity index (χ1n) is 9.61. The van der Waals surface area contributed by atoms with Crippen LogP contribution in [0.5, 0.6) is 0 Å². The van der Waals surface area contributed by atoms with Crippen LogP contribution in [-0.4, -0.2) is 47.3 Å². The van der Waals surface area contributed by atoms with Gasteiger partial charge in [0.2, 0.25) is 5.91 Å². The van der Waals surface area contributed by atoms with Crippen molar-refractivity contribution in [2.75, 3.05) is 24.5 Å². The molecule has 1 heterocycles. The number of hydrogen-bond donors (Lipinski definition) is 1. The van der Waals surface area contributed by atoms with Crippen LogP contribution >= 0.6 is 11.6 Å². The highest BCUT2D eigenvalue weighted by Gasteiger charge is 2.29. The van der Waals surface area contributed by atoms with Crippen LogP contribution in [0.15, 0.2) is 42.5 Å². The molecule has 3 rings (SSSR count). The van der Waals surface area contributed by atoms with Crippen molar-refractivity contribution in [2.24, 2.45) is 0 Å². The first-order chi connectivity index (χ1) is 14.2. The van der Waals surface area contributed by atoms with Crippen LogP contribution in [-0.2, 0) is 11.3 Å². The van der Waals surface area contributed by atoms with Crippen molar-refractivity contribution < 1.29 is 14.5 Å². The van der Waals surface area contributed by atoms with Crippen LogP contribution in [0, 0.1) is 10.1 Å². The number of halogens is 1. The molecule has 0 spiro atoms. The van der Waals surface area contributed by atoms with Gasteiger partial charge in [-0.3, -0.25) is 19.7 Å². The molecule has 0 radical (unpaired) electrons. The van der Waals surface area contributed by atoms with E-state index in [1.54, 1.807) is 28.0 Å². The highest BCUT2D eigenvalue weighted by Crippen LogP contribution is 2.30. The Morgan fingerprint density at radius 1 is 1.20 bits per heavy atom. The van der Waals surface area contributed by atoms with E-state index in [0.717, 1.165) is 5.56 Å². The number of carbonyl (C=O) groups is 2. The van der Waals surface area contributed by atoms with Crippen molar-refractivity contribution in [3.05, 3.63) is 68.7 Å². The predicted molar refractivity (Wildman–Crippen MR) is 115 cm³/mol. The second kappa shape index (κ2) is 9.13. The minimum atomic E-state index is -0.522. The van der Waals surface area contributed by atoms with E-state index in [1.807, 2.05) is 26.0 Å². The van der Waals surface area contributed by atoms with E-state index in [1.165, 1.54) is 12.1 Å². The molecule has 1 aliphatic rings. The highest BCUT2D eigenvalue weighted by atomic mass is 35.5. The zero-order valence-corrected chi connectivity index (χ0v) is 17.6. The molecule has 2 amide bonds. The van der Waals surface area contributed by atoms with E-state index >= 15 is 0 Å². The van der Waals surface area contributed by atoms with Gasteiger partial charge in [0.15, 0.2) is 0 Å². The largest absolute Gasteiger partial charge is 0.355 e. The maximum absolute atomic E-state index is 12.7. The maximum atomic E-state index is 12.7. The molecule has 1 fully saturated rings. The molecule has 0 saturated carbocycles. The Labute approximate surface area is 179 Å². The molecule has 0 aliphatic carbocycles. The molecule has 2 aromatic rings. The molecule has 8 nitrogen and oxygen atoms in total. The molecule has 158 valence electrons. The second-order valence-corrected chi connectivity index (χ2v) is 7.89. The van der Waals surface area contributed by atoms with Gasteiger partial charge >= 0.3 is 0 Å². The van der Waals surface area contributed by atoms with Crippen LogP contribution in [0.2, 0.25) is 5.02 Å². The first kappa shape index (κ1) is 21.6. The average Bonchev–Trinajstić information content (AvgIpc) is 2.70. The Morgan fingerprint density at radius 3 is 2.50 bits per heavy atom. The standard InChI is InChI=1S/C21H23ClN4O4/c1-14(2)23-21(28)16-5-8-18(19(11-16)26(29)30)24-9-10-25(20(27)13-24)12-15-3-6-17(22)7-4-15/h3-8,11,14H,9-10,12-13H2,1-2H3,(H,23,28).